The van der Waals surface area contributed by atoms with Crippen LogP contribution in [0.25, 0.3) is 0 Å². The minimum Gasteiger partial charge on any atom is -0.381 e. The highest BCUT2D eigenvalue weighted by molar-refractivity contribution is 6.68. The minimum atomic E-state index is 0.131. The van der Waals surface area contributed by atoms with Crippen LogP contribution < -0.4 is 10.6 Å². The van der Waals surface area contributed by atoms with E-state index in [0.29, 0.717) is 17.0 Å². The first kappa shape index (κ1) is 20.5. The van der Waals surface area contributed by atoms with Crippen molar-refractivity contribution in [3.05, 3.63) is 77.7 Å². The van der Waals surface area contributed by atoms with Crippen LogP contribution in [0.3, 0.4) is 0 Å². The maximum Gasteiger partial charge on any atom is 0.131 e. The van der Waals surface area contributed by atoms with E-state index in [1.165, 1.54) is 11.1 Å². The molecule has 0 aromatic heterocycles. The molecule has 148 valence electrons. The summed E-state index contributed by atoms with van der Waals surface area (Å²) in [7, 11) is 0. The van der Waals surface area contributed by atoms with E-state index in [-0.39, 0.29) is 6.04 Å². The van der Waals surface area contributed by atoms with Gasteiger partial charge in [0.05, 0.1) is 6.04 Å². The zero-order chi connectivity index (χ0) is 19.9. The number of allylic oxidation sites excluding steroid dienone is 5. The topological polar surface area (TPSA) is 36.4 Å². The predicted molar refractivity (Wildman–Crippen MR) is 122 cm³/mol. The highest BCUT2D eigenvalue weighted by Gasteiger charge is 2.11. The van der Waals surface area contributed by atoms with Gasteiger partial charge in [0.2, 0.25) is 0 Å². The van der Waals surface area contributed by atoms with Crippen LogP contribution in [0.1, 0.15) is 45.2 Å². The van der Waals surface area contributed by atoms with Crippen molar-refractivity contribution in [1.29, 1.82) is 0 Å². The van der Waals surface area contributed by atoms with Gasteiger partial charge in [-0.3, -0.25) is 0 Å². The molecule has 2 unspecified atom stereocenters. The fraction of sp³-hybridized carbons (Fsp3) is 0.375. The number of hydrogen-bond acceptors (Lipinski definition) is 3. The molecule has 1 aliphatic carbocycles. The molecule has 0 amide bonds. The third-order valence-corrected chi connectivity index (χ3v) is 5.28. The molecule has 1 aromatic rings. The Bertz CT molecular complexity index is 832. The highest BCUT2D eigenvalue weighted by atomic mass is 35.5. The lowest BCUT2D eigenvalue weighted by Crippen LogP contribution is -2.19. The summed E-state index contributed by atoms with van der Waals surface area (Å²) in [6.07, 6.45) is 15.0. The number of rotatable bonds is 6. The van der Waals surface area contributed by atoms with Crippen LogP contribution in [0.5, 0.6) is 0 Å². The molecule has 0 saturated heterocycles. The summed E-state index contributed by atoms with van der Waals surface area (Å²) in [5, 5.41) is 7.56. The smallest absolute Gasteiger partial charge is 0.131 e. The Morgan fingerprint density at radius 1 is 1.18 bits per heavy atom. The Balaban J connectivity index is 1.64. The van der Waals surface area contributed by atoms with E-state index in [4.69, 9.17) is 11.6 Å². The van der Waals surface area contributed by atoms with Crippen LogP contribution in [0.4, 0.5) is 5.69 Å². The molecule has 3 rings (SSSR count). The van der Waals surface area contributed by atoms with Gasteiger partial charge in [-0.05, 0) is 67.0 Å². The largest absolute Gasteiger partial charge is 0.381 e. The van der Waals surface area contributed by atoms with E-state index in [9.17, 15) is 0 Å². The van der Waals surface area contributed by atoms with Crippen molar-refractivity contribution in [3.8, 4) is 0 Å². The van der Waals surface area contributed by atoms with Gasteiger partial charge in [-0.1, -0.05) is 61.9 Å². The van der Waals surface area contributed by atoms with Gasteiger partial charge in [-0.15, -0.1) is 0 Å². The Labute approximate surface area is 174 Å². The summed E-state index contributed by atoms with van der Waals surface area (Å²) >= 11 is 6.18. The second kappa shape index (κ2) is 9.79. The summed E-state index contributed by atoms with van der Waals surface area (Å²) in [5.41, 5.74) is 3.69. The number of nitrogens with one attached hydrogen (secondary N) is 2. The van der Waals surface area contributed by atoms with Crippen LogP contribution in [-0.2, 0) is 0 Å². The maximum atomic E-state index is 6.18. The van der Waals surface area contributed by atoms with Crippen LogP contribution in [0.2, 0.25) is 0 Å². The van der Waals surface area contributed by atoms with Gasteiger partial charge in [-0.25, -0.2) is 4.99 Å². The van der Waals surface area contributed by atoms with Crippen molar-refractivity contribution in [1.82, 2.24) is 5.32 Å². The summed E-state index contributed by atoms with van der Waals surface area (Å²) in [5.74, 6) is 1.90. The van der Waals surface area contributed by atoms with Crippen LogP contribution in [0, 0.1) is 11.8 Å². The predicted octanol–water partition coefficient (Wildman–Crippen LogP) is 6.35. The lowest BCUT2D eigenvalue weighted by atomic mass is 9.98. The molecule has 0 spiro atoms. The molecule has 2 N–H and O–H groups in total. The van der Waals surface area contributed by atoms with E-state index in [1.54, 1.807) is 0 Å². The third kappa shape index (κ3) is 6.13. The average molecular weight is 396 g/mol. The van der Waals surface area contributed by atoms with Crippen LogP contribution in [-0.4, -0.2) is 11.7 Å². The first-order valence-electron chi connectivity index (χ1n) is 10.1. The Hall–Kier alpha value is -2.26. The average Bonchev–Trinajstić information content (AvgIpc) is 2.66. The number of hydrogen-bond donors (Lipinski definition) is 2. The van der Waals surface area contributed by atoms with Crippen molar-refractivity contribution in [2.45, 2.75) is 39.7 Å². The number of aliphatic imine (C=N–C) groups is 1. The molecule has 0 saturated carbocycles. The molecule has 0 radical (unpaired) electrons. The molecule has 3 atom stereocenters. The van der Waals surface area contributed by atoms with E-state index in [1.807, 2.05) is 6.08 Å². The first-order valence-corrected chi connectivity index (χ1v) is 10.5. The SMILES string of the molecule is CC1C=CC(CNc2cccc([C@H](C)NC3=CC(C)C/C=C/C(Cl)=N3)c2)=CC1. The molecule has 0 fully saturated rings. The van der Waals surface area contributed by atoms with Gasteiger partial charge in [0.1, 0.15) is 11.0 Å². The van der Waals surface area contributed by atoms with E-state index < -0.39 is 0 Å². The summed E-state index contributed by atoms with van der Waals surface area (Å²) < 4.78 is 0. The van der Waals surface area contributed by atoms with Crippen molar-refractivity contribution < 1.29 is 0 Å². The second-order valence-corrected chi connectivity index (χ2v) is 8.19. The zero-order valence-electron chi connectivity index (χ0n) is 17.0. The maximum absolute atomic E-state index is 6.18. The van der Waals surface area contributed by atoms with E-state index >= 15 is 0 Å². The lowest BCUT2D eigenvalue weighted by Gasteiger charge is -2.19. The van der Waals surface area contributed by atoms with Gasteiger partial charge in [-0.2, -0.15) is 0 Å². The monoisotopic (exact) mass is 395 g/mol. The molecule has 3 nitrogen and oxygen atoms in total. The lowest BCUT2D eigenvalue weighted by molar-refractivity contribution is 0.630. The summed E-state index contributed by atoms with van der Waals surface area (Å²) in [6.45, 7) is 7.43. The fourth-order valence-corrected chi connectivity index (χ4v) is 3.50. The van der Waals surface area contributed by atoms with Crippen molar-refractivity contribution in [2.24, 2.45) is 16.8 Å². The van der Waals surface area contributed by atoms with Crippen molar-refractivity contribution >= 4 is 22.5 Å². The fourth-order valence-electron chi connectivity index (χ4n) is 3.32. The van der Waals surface area contributed by atoms with Gasteiger partial charge in [0.25, 0.3) is 0 Å². The Morgan fingerprint density at radius 2 is 2.04 bits per heavy atom. The Kier molecular flexibility index (Phi) is 7.16. The number of benzene rings is 1. The first-order chi connectivity index (χ1) is 13.5. The molecular weight excluding hydrogens is 366 g/mol. The number of nitrogens with zero attached hydrogens (tertiary/aromatic N) is 1. The molecule has 2 aliphatic rings. The second-order valence-electron chi connectivity index (χ2n) is 7.80. The molecular formula is C24H30ClN3. The summed E-state index contributed by atoms with van der Waals surface area (Å²) in [4.78, 5) is 4.49. The van der Waals surface area contributed by atoms with Crippen molar-refractivity contribution in [3.63, 3.8) is 0 Å². The molecule has 4 heteroatoms. The van der Waals surface area contributed by atoms with Gasteiger partial charge in [0, 0.05) is 12.2 Å². The van der Waals surface area contributed by atoms with Gasteiger partial charge in [0.15, 0.2) is 0 Å². The van der Waals surface area contributed by atoms with Crippen LogP contribution in [0.15, 0.2) is 77.1 Å². The van der Waals surface area contributed by atoms with Crippen LogP contribution >= 0.6 is 11.6 Å². The normalized spacial score (nSPS) is 24.2. The summed E-state index contributed by atoms with van der Waals surface area (Å²) in [6, 6.07) is 8.68. The van der Waals surface area contributed by atoms with Gasteiger partial charge >= 0.3 is 0 Å². The standard InChI is InChI=1S/C24H30ClN3/c1-17-10-12-20(13-11-17)16-26-22-8-5-7-21(15-22)19(3)27-24-14-18(2)6-4-9-23(25)28-24/h4-5,7-10,12-15,17-19,26-27H,6,11,16H2,1-3H3/b9-4+,24-14?,28-23?/t17?,18?,19-/m0/s1. The Morgan fingerprint density at radius 3 is 2.82 bits per heavy atom. The highest BCUT2D eigenvalue weighted by Crippen LogP contribution is 2.22. The molecule has 1 aromatic carbocycles. The molecule has 0 bridgehead atoms. The molecule has 1 heterocycles. The molecule has 28 heavy (non-hydrogen) atoms. The third-order valence-electron chi connectivity index (χ3n) is 5.07. The van der Waals surface area contributed by atoms with Crippen molar-refractivity contribution in [2.75, 3.05) is 11.9 Å². The molecule has 1 aliphatic heterocycles. The number of halogens is 1. The van der Waals surface area contributed by atoms with Gasteiger partial charge < -0.3 is 10.6 Å². The minimum absolute atomic E-state index is 0.131. The number of anilines is 1. The quantitative estimate of drug-likeness (QED) is 0.589. The van der Waals surface area contributed by atoms with E-state index in [2.05, 4.69) is 91.0 Å². The van der Waals surface area contributed by atoms with E-state index in [0.717, 1.165) is 30.9 Å². The zero-order valence-corrected chi connectivity index (χ0v) is 17.7.